The van der Waals surface area contributed by atoms with Crippen LogP contribution in [0.1, 0.15) is 0 Å². The van der Waals surface area contributed by atoms with Gasteiger partial charge in [0.1, 0.15) is 0 Å². The quantitative estimate of drug-likeness (QED) is 0.231. The number of hydrogen-bond donors (Lipinski definition) is 0. The summed E-state index contributed by atoms with van der Waals surface area (Å²) in [5, 5.41) is 6.66. The van der Waals surface area contributed by atoms with Gasteiger partial charge in [0.15, 0.2) is 0 Å². The van der Waals surface area contributed by atoms with E-state index in [9.17, 15) is 0 Å². The number of rotatable bonds is 2. The first-order valence-corrected chi connectivity index (χ1v) is 12.6. The van der Waals surface area contributed by atoms with Gasteiger partial charge in [0.25, 0.3) is 0 Å². The maximum Gasteiger partial charge on any atom is 0.0972 e. The van der Waals surface area contributed by atoms with Gasteiger partial charge in [0.05, 0.1) is 33.5 Å². The molecule has 0 saturated heterocycles. The van der Waals surface area contributed by atoms with Crippen molar-refractivity contribution in [1.82, 2.24) is 19.9 Å². The fraction of sp³-hybridized carbons (Fsp3) is 0. The molecule has 0 unspecified atom stereocenters. The predicted octanol–water partition coefficient (Wildman–Crippen LogP) is 8.37. The number of hydrogen-bond acceptors (Lipinski definition) is 4. The van der Waals surface area contributed by atoms with Gasteiger partial charge < -0.3 is 0 Å². The third-order valence-electron chi connectivity index (χ3n) is 7.32. The molecule has 0 aliphatic carbocycles. The SMILES string of the molecule is c1cc(-c2ccc3ccc4cccnc4c3n2)c2cc(-c3ccc4ccc5cccnc5c4n3)ccc2c1. The molecule has 4 aromatic carbocycles. The van der Waals surface area contributed by atoms with E-state index in [-0.39, 0.29) is 0 Å². The van der Waals surface area contributed by atoms with Crippen LogP contribution in [0, 0.1) is 0 Å². The Morgan fingerprint density at radius 2 is 0.921 bits per heavy atom. The van der Waals surface area contributed by atoms with E-state index < -0.39 is 0 Å². The van der Waals surface area contributed by atoms with Crippen molar-refractivity contribution in [2.24, 2.45) is 0 Å². The van der Waals surface area contributed by atoms with Gasteiger partial charge >= 0.3 is 0 Å². The van der Waals surface area contributed by atoms with Crippen LogP contribution in [0.3, 0.4) is 0 Å². The highest BCUT2D eigenvalue weighted by atomic mass is 14.8. The molecule has 0 atom stereocenters. The standard InChI is InChI=1S/C34H20N4/c1-4-21-8-13-26(29-16-14-24-11-9-22-5-2-18-35-31(22)33(24)37-29)20-28(21)27(7-1)30-17-15-25-12-10-23-6-3-19-36-32(23)34(25)38-30/h1-20H. The highest BCUT2D eigenvalue weighted by Crippen LogP contribution is 2.34. The maximum absolute atomic E-state index is 5.11. The van der Waals surface area contributed by atoms with Gasteiger partial charge in [-0.25, -0.2) is 9.97 Å². The van der Waals surface area contributed by atoms with Crippen LogP contribution >= 0.6 is 0 Å². The second-order valence-corrected chi connectivity index (χ2v) is 9.56. The van der Waals surface area contributed by atoms with E-state index in [1.165, 1.54) is 0 Å². The lowest BCUT2D eigenvalue weighted by atomic mass is 9.97. The van der Waals surface area contributed by atoms with E-state index in [4.69, 9.17) is 9.97 Å². The minimum absolute atomic E-state index is 0.921. The van der Waals surface area contributed by atoms with Crippen molar-refractivity contribution in [3.05, 3.63) is 122 Å². The molecule has 0 saturated carbocycles. The second-order valence-electron chi connectivity index (χ2n) is 9.56. The van der Waals surface area contributed by atoms with Crippen LogP contribution in [0.15, 0.2) is 122 Å². The molecule has 38 heavy (non-hydrogen) atoms. The van der Waals surface area contributed by atoms with E-state index in [1.807, 2.05) is 24.5 Å². The molecular weight excluding hydrogens is 464 g/mol. The topological polar surface area (TPSA) is 51.6 Å². The summed E-state index contributed by atoms with van der Waals surface area (Å²) < 4.78 is 0. The first-order chi connectivity index (χ1) is 18.8. The minimum Gasteiger partial charge on any atom is -0.254 e. The van der Waals surface area contributed by atoms with E-state index in [0.717, 1.165) is 76.9 Å². The largest absolute Gasteiger partial charge is 0.254 e. The number of aromatic nitrogens is 4. The molecule has 4 aromatic heterocycles. The number of nitrogens with zero attached hydrogens (tertiary/aromatic N) is 4. The summed E-state index contributed by atoms with van der Waals surface area (Å²) in [7, 11) is 0. The van der Waals surface area contributed by atoms with Gasteiger partial charge in [0, 0.05) is 45.1 Å². The molecule has 176 valence electrons. The number of benzene rings is 4. The van der Waals surface area contributed by atoms with E-state index in [2.05, 4.69) is 107 Å². The molecule has 0 aliphatic heterocycles. The van der Waals surface area contributed by atoms with Crippen molar-refractivity contribution in [1.29, 1.82) is 0 Å². The van der Waals surface area contributed by atoms with Crippen molar-refractivity contribution < 1.29 is 0 Å². The van der Waals surface area contributed by atoms with E-state index in [0.29, 0.717) is 0 Å². The normalized spacial score (nSPS) is 11.7. The van der Waals surface area contributed by atoms with Crippen molar-refractivity contribution in [2.45, 2.75) is 0 Å². The van der Waals surface area contributed by atoms with Crippen molar-refractivity contribution in [3.8, 4) is 22.5 Å². The molecule has 0 N–H and O–H groups in total. The lowest BCUT2D eigenvalue weighted by molar-refractivity contribution is 1.37. The molecule has 8 aromatic rings. The van der Waals surface area contributed by atoms with Crippen molar-refractivity contribution >= 4 is 54.4 Å². The zero-order valence-corrected chi connectivity index (χ0v) is 20.3. The Bertz CT molecular complexity index is 2200. The maximum atomic E-state index is 5.11. The Balaban J connectivity index is 1.33. The molecular formula is C34H20N4. The average molecular weight is 485 g/mol. The highest BCUT2D eigenvalue weighted by Gasteiger charge is 2.11. The molecule has 0 fully saturated rings. The molecule has 8 rings (SSSR count). The molecule has 0 bridgehead atoms. The van der Waals surface area contributed by atoms with Gasteiger partial charge in [0.2, 0.25) is 0 Å². The van der Waals surface area contributed by atoms with Crippen LogP contribution < -0.4 is 0 Å². The van der Waals surface area contributed by atoms with Gasteiger partial charge in [-0.15, -0.1) is 0 Å². The molecule has 4 nitrogen and oxygen atoms in total. The minimum atomic E-state index is 0.921. The summed E-state index contributed by atoms with van der Waals surface area (Å²) in [6.45, 7) is 0. The van der Waals surface area contributed by atoms with Crippen LogP contribution in [-0.2, 0) is 0 Å². The summed E-state index contributed by atoms with van der Waals surface area (Å²) >= 11 is 0. The monoisotopic (exact) mass is 484 g/mol. The van der Waals surface area contributed by atoms with Crippen LogP contribution in [0.2, 0.25) is 0 Å². The fourth-order valence-corrected chi connectivity index (χ4v) is 5.41. The number of pyridine rings is 4. The summed E-state index contributed by atoms with van der Waals surface area (Å²) in [6, 6.07) is 37.9. The Kier molecular flexibility index (Phi) is 4.49. The third kappa shape index (κ3) is 3.24. The van der Waals surface area contributed by atoms with Gasteiger partial charge in [-0.05, 0) is 41.1 Å². The first kappa shape index (κ1) is 20.9. The molecule has 0 spiro atoms. The Labute approximate surface area is 218 Å². The second kappa shape index (κ2) is 8.15. The van der Waals surface area contributed by atoms with Crippen molar-refractivity contribution in [3.63, 3.8) is 0 Å². The van der Waals surface area contributed by atoms with Crippen LogP contribution in [0.5, 0.6) is 0 Å². The van der Waals surface area contributed by atoms with Crippen LogP contribution in [0.25, 0.3) is 76.9 Å². The summed E-state index contributed by atoms with van der Waals surface area (Å²) in [5.74, 6) is 0. The van der Waals surface area contributed by atoms with Crippen LogP contribution in [0.4, 0.5) is 0 Å². The van der Waals surface area contributed by atoms with Gasteiger partial charge in [-0.2, -0.15) is 0 Å². The van der Waals surface area contributed by atoms with Gasteiger partial charge in [-0.1, -0.05) is 78.9 Å². The smallest absolute Gasteiger partial charge is 0.0972 e. The van der Waals surface area contributed by atoms with E-state index >= 15 is 0 Å². The fourth-order valence-electron chi connectivity index (χ4n) is 5.41. The van der Waals surface area contributed by atoms with Crippen molar-refractivity contribution in [2.75, 3.05) is 0 Å². The summed E-state index contributed by atoms with van der Waals surface area (Å²) in [6.07, 6.45) is 3.66. The summed E-state index contributed by atoms with van der Waals surface area (Å²) in [5.41, 5.74) is 7.70. The Hall–Kier alpha value is -5.22. The molecule has 4 heteroatoms. The average Bonchev–Trinajstić information content (AvgIpc) is 3.00. The highest BCUT2D eigenvalue weighted by molar-refractivity contribution is 6.06. The molecule has 0 radical (unpaired) electrons. The molecule has 0 amide bonds. The summed E-state index contributed by atoms with van der Waals surface area (Å²) in [4.78, 5) is 19.4. The zero-order chi connectivity index (χ0) is 25.1. The zero-order valence-electron chi connectivity index (χ0n) is 20.3. The van der Waals surface area contributed by atoms with E-state index in [1.54, 1.807) is 0 Å². The molecule has 4 heterocycles. The predicted molar refractivity (Wildman–Crippen MR) is 156 cm³/mol. The number of fused-ring (bicyclic) bond motifs is 7. The van der Waals surface area contributed by atoms with Gasteiger partial charge in [-0.3, -0.25) is 9.97 Å². The lowest BCUT2D eigenvalue weighted by Crippen LogP contribution is -1.91. The Morgan fingerprint density at radius 3 is 1.61 bits per heavy atom. The Morgan fingerprint density at radius 1 is 0.395 bits per heavy atom. The lowest BCUT2D eigenvalue weighted by Gasteiger charge is -2.11. The first-order valence-electron chi connectivity index (χ1n) is 12.6. The van der Waals surface area contributed by atoms with Crippen LogP contribution in [-0.4, -0.2) is 19.9 Å². The third-order valence-corrected chi connectivity index (χ3v) is 7.32. The molecule has 0 aliphatic rings.